The smallest absolute Gasteiger partial charge is 0.335 e. The van der Waals surface area contributed by atoms with E-state index < -0.39 is 5.97 Å². The minimum atomic E-state index is -1.02. The molecule has 0 aliphatic carbocycles. The first kappa shape index (κ1) is 14.5. The molecule has 0 saturated heterocycles. The average molecular weight is 304 g/mol. The summed E-state index contributed by atoms with van der Waals surface area (Å²) in [6.45, 7) is 0. The van der Waals surface area contributed by atoms with Crippen molar-refractivity contribution in [3.63, 3.8) is 0 Å². The summed E-state index contributed by atoms with van der Waals surface area (Å²) in [6.07, 6.45) is 0.480. The van der Waals surface area contributed by atoms with Gasteiger partial charge in [-0.2, -0.15) is 5.26 Å². The highest BCUT2D eigenvalue weighted by atomic mass is 16.4. The first-order valence-corrected chi connectivity index (χ1v) is 6.91. The normalized spacial score (nSPS) is 10.2. The minimum absolute atomic E-state index is 0.155. The van der Waals surface area contributed by atoms with Crippen molar-refractivity contribution in [2.45, 2.75) is 6.42 Å². The van der Waals surface area contributed by atoms with E-state index in [4.69, 9.17) is 5.11 Å². The van der Waals surface area contributed by atoms with Gasteiger partial charge >= 0.3 is 5.97 Å². The van der Waals surface area contributed by atoms with Crippen molar-refractivity contribution in [2.75, 3.05) is 0 Å². The standard InChI is InChI=1S/C17H12N4O2/c18-11-15-16(9-12-5-2-1-3-6-12)21(20-19-15)14-8-4-7-13(10-14)17(22)23/h1-8,10H,9H2,(H,22,23). The van der Waals surface area contributed by atoms with Gasteiger partial charge in [-0.25, -0.2) is 9.48 Å². The van der Waals surface area contributed by atoms with Crippen molar-refractivity contribution >= 4 is 5.97 Å². The zero-order valence-corrected chi connectivity index (χ0v) is 12.0. The van der Waals surface area contributed by atoms with Gasteiger partial charge in [0, 0.05) is 6.42 Å². The lowest BCUT2D eigenvalue weighted by molar-refractivity contribution is 0.0697. The fraction of sp³-hybridized carbons (Fsp3) is 0.0588. The Kier molecular flexibility index (Phi) is 3.85. The summed E-state index contributed by atoms with van der Waals surface area (Å²) >= 11 is 0. The number of carboxylic acid groups (broad SMARTS) is 1. The SMILES string of the molecule is N#Cc1nnn(-c2cccc(C(=O)O)c2)c1Cc1ccccc1. The Morgan fingerprint density at radius 3 is 2.65 bits per heavy atom. The maximum absolute atomic E-state index is 11.1. The van der Waals surface area contributed by atoms with Crippen molar-refractivity contribution < 1.29 is 9.90 Å². The molecule has 0 saturated carbocycles. The van der Waals surface area contributed by atoms with Crippen LogP contribution in [0.2, 0.25) is 0 Å². The van der Waals surface area contributed by atoms with Crippen LogP contribution in [0.25, 0.3) is 5.69 Å². The highest BCUT2D eigenvalue weighted by Gasteiger charge is 2.15. The fourth-order valence-corrected chi connectivity index (χ4v) is 2.31. The molecule has 1 heterocycles. The van der Waals surface area contributed by atoms with Gasteiger partial charge in [0.2, 0.25) is 0 Å². The number of carboxylic acids is 1. The maximum Gasteiger partial charge on any atom is 0.335 e. The number of aromatic nitrogens is 3. The highest BCUT2D eigenvalue weighted by molar-refractivity contribution is 5.88. The molecule has 6 heteroatoms. The second-order valence-corrected chi connectivity index (χ2v) is 4.93. The number of aromatic carboxylic acids is 1. The third-order valence-corrected chi connectivity index (χ3v) is 3.42. The Morgan fingerprint density at radius 1 is 1.17 bits per heavy atom. The van der Waals surface area contributed by atoms with Gasteiger partial charge in [0.05, 0.1) is 16.9 Å². The van der Waals surface area contributed by atoms with Crippen LogP contribution in [-0.2, 0) is 6.42 Å². The molecule has 112 valence electrons. The molecule has 0 unspecified atom stereocenters. The summed E-state index contributed by atoms with van der Waals surface area (Å²) in [5.74, 6) is -1.02. The highest BCUT2D eigenvalue weighted by Crippen LogP contribution is 2.17. The van der Waals surface area contributed by atoms with E-state index in [1.807, 2.05) is 36.4 Å². The minimum Gasteiger partial charge on any atom is -0.478 e. The molecule has 23 heavy (non-hydrogen) atoms. The van der Waals surface area contributed by atoms with Crippen LogP contribution in [0.1, 0.15) is 27.3 Å². The van der Waals surface area contributed by atoms with Crippen LogP contribution in [0.3, 0.4) is 0 Å². The largest absolute Gasteiger partial charge is 0.478 e. The molecule has 2 aromatic carbocycles. The van der Waals surface area contributed by atoms with E-state index in [1.54, 1.807) is 12.1 Å². The van der Waals surface area contributed by atoms with E-state index in [0.29, 0.717) is 17.8 Å². The van der Waals surface area contributed by atoms with Crippen LogP contribution in [0.15, 0.2) is 54.6 Å². The predicted molar refractivity (Wildman–Crippen MR) is 82.3 cm³/mol. The molecule has 0 amide bonds. The van der Waals surface area contributed by atoms with E-state index in [0.717, 1.165) is 5.56 Å². The van der Waals surface area contributed by atoms with Crippen LogP contribution < -0.4 is 0 Å². The number of rotatable bonds is 4. The lowest BCUT2D eigenvalue weighted by Gasteiger charge is -2.07. The van der Waals surface area contributed by atoms with Gasteiger partial charge in [-0.3, -0.25) is 0 Å². The van der Waals surface area contributed by atoms with Gasteiger partial charge in [-0.15, -0.1) is 5.10 Å². The van der Waals surface area contributed by atoms with Gasteiger partial charge < -0.3 is 5.11 Å². The third-order valence-electron chi connectivity index (χ3n) is 3.42. The third kappa shape index (κ3) is 2.94. The second kappa shape index (κ2) is 6.12. The van der Waals surface area contributed by atoms with Crippen LogP contribution in [0.5, 0.6) is 0 Å². The van der Waals surface area contributed by atoms with Gasteiger partial charge in [-0.05, 0) is 23.8 Å². The van der Waals surface area contributed by atoms with E-state index in [-0.39, 0.29) is 11.3 Å². The van der Waals surface area contributed by atoms with Crippen LogP contribution >= 0.6 is 0 Å². The molecule has 0 radical (unpaired) electrons. The molecule has 3 rings (SSSR count). The molecule has 0 fully saturated rings. The molecule has 1 aromatic heterocycles. The second-order valence-electron chi connectivity index (χ2n) is 4.93. The van der Waals surface area contributed by atoms with Crippen LogP contribution in [0.4, 0.5) is 0 Å². The molecular weight excluding hydrogens is 292 g/mol. The molecule has 6 nitrogen and oxygen atoms in total. The monoisotopic (exact) mass is 304 g/mol. The summed E-state index contributed by atoms with van der Waals surface area (Å²) in [6, 6.07) is 18.1. The summed E-state index contributed by atoms with van der Waals surface area (Å²) in [7, 11) is 0. The Bertz CT molecular complexity index is 894. The molecule has 0 aliphatic heterocycles. The zero-order chi connectivity index (χ0) is 16.2. The lowest BCUT2D eigenvalue weighted by Crippen LogP contribution is -2.06. The molecule has 0 aliphatic rings. The summed E-state index contributed by atoms with van der Waals surface area (Å²) in [4.78, 5) is 11.1. The van der Waals surface area contributed by atoms with Crippen LogP contribution in [0, 0.1) is 11.3 Å². The molecule has 1 N–H and O–H groups in total. The molecule has 0 bridgehead atoms. The van der Waals surface area contributed by atoms with Crippen molar-refractivity contribution in [1.82, 2.24) is 15.0 Å². The van der Waals surface area contributed by atoms with E-state index in [9.17, 15) is 10.1 Å². The summed E-state index contributed by atoms with van der Waals surface area (Å²) in [5.41, 5.74) is 2.59. The first-order valence-electron chi connectivity index (χ1n) is 6.91. The van der Waals surface area contributed by atoms with Crippen molar-refractivity contribution in [1.29, 1.82) is 5.26 Å². The quantitative estimate of drug-likeness (QED) is 0.799. The van der Waals surface area contributed by atoms with Crippen molar-refractivity contribution in [3.05, 3.63) is 77.1 Å². The molecule has 0 atom stereocenters. The average Bonchev–Trinajstić information content (AvgIpc) is 2.98. The maximum atomic E-state index is 11.1. The van der Waals surface area contributed by atoms with Gasteiger partial charge in [0.1, 0.15) is 6.07 Å². The number of nitriles is 1. The number of benzene rings is 2. The van der Waals surface area contributed by atoms with E-state index >= 15 is 0 Å². The summed E-state index contributed by atoms with van der Waals surface area (Å²) in [5, 5.41) is 26.2. The number of hydrogen-bond acceptors (Lipinski definition) is 4. The van der Waals surface area contributed by atoms with Gasteiger partial charge in [0.25, 0.3) is 0 Å². The number of nitrogens with zero attached hydrogens (tertiary/aromatic N) is 4. The molecule has 3 aromatic rings. The van der Waals surface area contributed by atoms with Crippen molar-refractivity contribution in [2.24, 2.45) is 0 Å². The van der Waals surface area contributed by atoms with E-state index in [1.165, 1.54) is 16.8 Å². The Hall–Kier alpha value is -3.46. The molecule has 0 spiro atoms. The summed E-state index contributed by atoms with van der Waals surface area (Å²) < 4.78 is 1.51. The number of carbonyl (C=O) groups is 1. The first-order chi connectivity index (χ1) is 11.2. The number of hydrogen-bond donors (Lipinski definition) is 1. The topological polar surface area (TPSA) is 91.8 Å². The predicted octanol–water partition coefficient (Wildman–Crippen LogP) is 2.43. The van der Waals surface area contributed by atoms with Gasteiger partial charge in [-0.1, -0.05) is 41.6 Å². The van der Waals surface area contributed by atoms with Crippen molar-refractivity contribution in [3.8, 4) is 11.8 Å². The Labute approximate surface area is 132 Å². The zero-order valence-electron chi connectivity index (χ0n) is 12.0. The van der Waals surface area contributed by atoms with Gasteiger partial charge in [0.15, 0.2) is 5.69 Å². The fourth-order valence-electron chi connectivity index (χ4n) is 2.31. The lowest BCUT2D eigenvalue weighted by atomic mass is 10.1. The Balaban J connectivity index is 2.07. The van der Waals surface area contributed by atoms with Crippen LogP contribution in [-0.4, -0.2) is 26.1 Å². The Morgan fingerprint density at radius 2 is 1.96 bits per heavy atom. The molecular formula is C17H12N4O2. The van der Waals surface area contributed by atoms with E-state index in [2.05, 4.69) is 10.3 Å².